The molecule has 7 heteroatoms. The van der Waals surface area contributed by atoms with Crippen LogP contribution in [0.4, 0.5) is 0 Å². The highest BCUT2D eigenvalue weighted by Gasteiger charge is 2.37. The Hall–Kier alpha value is 0.260. The van der Waals surface area contributed by atoms with Crippen LogP contribution in [0.5, 0.6) is 0 Å². The fraction of sp³-hybridized carbons (Fsp3) is 1.00. The molecule has 0 N–H and O–H groups in total. The molecule has 0 heterocycles. The molecule has 0 fully saturated rings. The molecular formula is C12H27O5PS. The van der Waals surface area contributed by atoms with Gasteiger partial charge in [0.1, 0.15) is 5.85 Å². The summed E-state index contributed by atoms with van der Waals surface area (Å²) >= 11 is 0. The number of methoxy groups -OCH3 is 1. The molecule has 0 spiro atoms. The van der Waals surface area contributed by atoms with E-state index in [0.717, 1.165) is 25.5 Å². The standard InChI is InChI=1S/C12H27O5PS/c1-7-12(8-2,9-3)11(16-10(4)15-5)18-17-19(6,13)14/h10-11,18H,7-9H2,1-6H3. The first-order chi connectivity index (χ1) is 8.74. The maximum atomic E-state index is 11.2. The van der Waals surface area contributed by atoms with E-state index >= 15 is 0 Å². The van der Waals surface area contributed by atoms with E-state index in [1.54, 1.807) is 14.0 Å². The van der Waals surface area contributed by atoms with Crippen molar-refractivity contribution in [1.29, 1.82) is 0 Å². The minimum absolute atomic E-state index is 0.0874. The number of hydrogen-bond acceptors (Lipinski definition) is 5. The van der Waals surface area contributed by atoms with Crippen molar-refractivity contribution in [3.63, 3.8) is 0 Å². The van der Waals surface area contributed by atoms with Crippen molar-refractivity contribution in [2.24, 2.45) is 5.41 Å². The predicted molar refractivity (Wildman–Crippen MR) is 78.9 cm³/mol. The van der Waals surface area contributed by atoms with Gasteiger partial charge >= 0.3 is 0 Å². The number of hydrogen-bond donors (Lipinski definition) is 0. The smallest absolute Gasteiger partial charge is 0.267 e. The van der Waals surface area contributed by atoms with Crippen LogP contribution in [-0.4, -0.2) is 33.9 Å². The van der Waals surface area contributed by atoms with Gasteiger partial charge in [-0.15, -0.1) is 0 Å². The van der Waals surface area contributed by atoms with Gasteiger partial charge in [-0.3, -0.25) is 0 Å². The summed E-state index contributed by atoms with van der Waals surface area (Å²) < 4.78 is 38.3. The summed E-state index contributed by atoms with van der Waals surface area (Å²) in [5.41, 5.74) is -0.0874. The third-order valence-corrected chi connectivity index (χ3v) is 6.19. The number of rotatable bonds is 10. The van der Waals surface area contributed by atoms with Gasteiger partial charge in [0.2, 0.25) is 0 Å². The van der Waals surface area contributed by atoms with E-state index in [-0.39, 0.29) is 26.4 Å². The topological polar surface area (TPSA) is 61.8 Å². The third kappa shape index (κ3) is 6.50. The molecule has 0 saturated heterocycles. The molecule has 0 amide bonds. The number of ether oxygens (including phenoxy) is 2. The normalized spacial score (nSPS) is 16.9. The Morgan fingerprint density at radius 3 is 1.95 bits per heavy atom. The van der Waals surface area contributed by atoms with Crippen molar-refractivity contribution < 1.29 is 21.9 Å². The molecule has 5 nitrogen and oxygen atoms in total. The average Bonchev–Trinajstić information content (AvgIpc) is 2.36. The summed E-state index contributed by atoms with van der Waals surface area (Å²) in [5, 5.41) is 0. The van der Waals surface area contributed by atoms with Crippen LogP contribution in [0.3, 0.4) is 0 Å². The van der Waals surface area contributed by atoms with E-state index in [2.05, 4.69) is 20.8 Å². The van der Waals surface area contributed by atoms with Gasteiger partial charge in [-0.2, -0.15) is 8.42 Å². The highest BCUT2D eigenvalue weighted by molar-refractivity contribution is 7.88. The Morgan fingerprint density at radius 1 is 1.16 bits per heavy atom. The molecule has 0 bridgehead atoms. The molecule has 116 valence electrons. The van der Waals surface area contributed by atoms with Crippen molar-refractivity contribution in [3.8, 4) is 0 Å². The minimum atomic E-state index is -3.46. The Labute approximate surface area is 119 Å². The molecule has 0 aromatic rings. The van der Waals surface area contributed by atoms with Gasteiger partial charge in [-0.25, -0.2) is 3.97 Å². The van der Waals surface area contributed by atoms with E-state index in [1.165, 1.54) is 0 Å². The van der Waals surface area contributed by atoms with Gasteiger partial charge in [-0.1, -0.05) is 20.8 Å². The monoisotopic (exact) mass is 314 g/mol. The zero-order chi connectivity index (χ0) is 15.1. The molecule has 0 rings (SSSR count). The zero-order valence-electron chi connectivity index (χ0n) is 12.7. The van der Waals surface area contributed by atoms with Crippen LogP contribution in [0.15, 0.2) is 0 Å². The van der Waals surface area contributed by atoms with E-state index in [9.17, 15) is 8.42 Å². The molecule has 3 unspecified atom stereocenters. The quantitative estimate of drug-likeness (QED) is 0.458. The molecule has 0 aliphatic rings. The van der Waals surface area contributed by atoms with Gasteiger partial charge in [-0.05, 0) is 26.2 Å². The fourth-order valence-electron chi connectivity index (χ4n) is 1.98. The molecule has 0 aromatic carbocycles. The lowest BCUT2D eigenvalue weighted by atomic mass is 9.80. The Balaban J connectivity index is 5.01. The first-order valence-corrected chi connectivity index (χ1v) is 9.37. The van der Waals surface area contributed by atoms with Gasteiger partial charge in [0.25, 0.3) is 10.1 Å². The van der Waals surface area contributed by atoms with E-state index in [4.69, 9.17) is 13.4 Å². The first kappa shape index (κ1) is 19.3. The van der Waals surface area contributed by atoms with Gasteiger partial charge < -0.3 is 9.47 Å². The Kier molecular flexibility index (Phi) is 8.64. The second-order valence-electron chi connectivity index (χ2n) is 4.65. The largest absolute Gasteiger partial charge is 0.356 e. The molecule has 3 atom stereocenters. The molecular weight excluding hydrogens is 287 g/mol. The lowest BCUT2D eigenvalue weighted by Gasteiger charge is -2.39. The van der Waals surface area contributed by atoms with Crippen LogP contribution >= 0.6 is 8.81 Å². The summed E-state index contributed by atoms with van der Waals surface area (Å²) in [6, 6.07) is 0. The molecule has 0 aromatic heterocycles. The van der Waals surface area contributed by atoms with Crippen LogP contribution in [0.2, 0.25) is 0 Å². The second kappa shape index (κ2) is 8.53. The van der Waals surface area contributed by atoms with Crippen LogP contribution in [0.25, 0.3) is 0 Å². The SMILES string of the molecule is CCC(CC)(CC)C(OC(C)OC)POS(C)(=O)=O. The van der Waals surface area contributed by atoms with Crippen molar-refractivity contribution in [1.82, 2.24) is 0 Å². The molecule has 0 saturated carbocycles. The molecule has 19 heavy (non-hydrogen) atoms. The fourth-order valence-corrected chi connectivity index (χ4v) is 4.14. The van der Waals surface area contributed by atoms with Crippen molar-refractivity contribution in [2.45, 2.75) is 59.1 Å². The van der Waals surface area contributed by atoms with Gasteiger partial charge in [0.15, 0.2) is 6.29 Å². The average molecular weight is 314 g/mol. The minimum Gasteiger partial charge on any atom is -0.356 e. The molecule has 0 aliphatic carbocycles. The maximum absolute atomic E-state index is 11.2. The van der Waals surface area contributed by atoms with E-state index < -0.39 is 10.1 Å². The van der Waals surface area contributed by atoms with Crippen molar-refractivity contribution in [3.05, 3.63) is 0 Å². The summed E-state index contributed by atoms with van der Waals surface area (Å²) in [6.45, 7) is 8.06. The molecule has 0 radical (unpaired) electrons. The first-order valence-electron chi connectivity index (χ1n) is 6.56. The van der Waals surface area contributed by atoms with E-state index in [1.807, 2.05) is 0 Å². The summed E-state index contributed by atoms with van der Waals surface area (Å²) in [6.07, 6.45) is 3.39. The van der Waals surface area contributed by atoms with Gasteiger partial charge in [0.05, 0.1) is 15.1 Å². The maximum Gasteiger partial charge on any atom is 0.267 e. The zero-order valence-corrected chi connectivity index (χ0v) is 14.5. The summed E-state index contributed by atoms with van der Waals surface area (Å²) in [4.78, 5) is 0. The lowest BCUT2D eigenvalue weighted by molar-refractivity contribution is -0.152. The Bertz CT molecular complexity index is 332. The van der Waals surface area contributed by atoms with Crippen molar-refractivity contribution in [2.75, 3.05) is 13.4 Å². The lowest BCUT2D eigenvalue weighted by Crippen LogP contribution is -2.36. The van der Waals surface area contributed by atoms with Crippen LogP contribution in [-0.2, 0) is 23.6 Å². The summed E-state index contributed by atoms with van der Waals surface area (Å²) in [7, 11) is -2.14. The van der Waals surface area contributed by atoms with E-state index in [0.29, 0.717) is 0 Å². The Morgan fingerprint density at radius 2 is 1.63 bits per heavy atom. The van der Waals surface area contributed by atoms with Crippen LogP contribution < -0.4 is 0 Å². The van der Waals surface area contributed by atoms with Crippen LogP contribution in [0, 0.1) is 5.41 Å². The predicted octanol–water partition coefficient (Wildman–Crippen LogP) is 3.11. The second-order valence-corrected chi connectivity index (χ2v) is 7.48. The highest BCUT2D eigenvalue weighted by Crippen LogP contribution is 2.45. The highest BCUT2D eigenvalue weighted by atomic mass is 32.2. The van der Waals surface area contributed by atoms with Crippen LogP contribution in [0.1, 0.15) is 47.0 Å². The molecule has 0 aliphatic heterocycles. The summed E-state index contributed by atoms with van der Waals surface area (Å²) in [5.74, 6) is -0.280. The third-order valence-electron chi connectivity index (χ3n) is 3.63. The van der Waals surface area contributed by atoms with Gasteiger partial charge in [0, 0.05) is 12.5 Å². The van der Waals surface area contributed by atoms with Crippen molar-refractivity contribution >= 4 is 18.9 Å².